The summed E-state index contributed by atoms with van der Waals surface area (Å²) < 4.78 is 11.5. The van der Waals surface area contributed by atoms with Gasteiger partial charge in [-0.3, -0.25) is 4.79 Å². The average molecular weight is 430 g/mol. The molecular weight excluding hydrogens is 398 g/mol. The molecular formula is C28H31NO3. The molecule has 166 valence electrons. The number of aryl methyl sites for hydroxylation is 3. The number of hydrogen-bond donors (Lipinski definition) is 1. The first-order chi connectivity index (χ1) is 15.5. The lowest BCUT2D eigenvalue weighted by Gasteiger charge is -2.13. The van der Waals surface area contributed by atoms with Gasteiger partial charge >= 0.3 is 0 Å². The van der Waals surface area contributed by atoms with E-state index in [0.29, 0.717) is 18.1 Å². The van der Waals surface area contributed by atoms with Gasteiger partial charge in [0.2, 0.25) is 5.91 Å². The number of nitrogens with one attached hydrogen (secondary N) is 1. The smallest absolute Gasteiger partial charge is 0.248 e. The molecule has 3 rings (SSSR count). The first-order valence-corrected chi connectivity index (χ1v) is 11.0. The molecule has 0 fully saturated rings. The number of carbonyl (C=O) groups is 1. The third-order valence-electron chi connectivity index (χ3n) is 5.51. The molecule has 0 spiro atoms. The Labute approximate surface area is 190 Å². The molecule has 32 heavy (non-hydrogen) atoms. The van der Waals surface area contributed by atoms with Crippen molar-refractivity contribution in [1.29, 1.82) is 0 Å². The highest BCUT2D eigenvalue weighted by molar-refractivity contribution is 6.02. The highest BCUT2D eigenvalue weighted by Crippen LogP contribution is 2.30. The number of ether oxygens (including phenoxy) is 2. The van der Waals surface area contributed by atoms with Crippen LogP contribution in [0.5, 0.6) is 11.5 Å². The highest BCUT2D eigenvalue weighted by atomic mass is 16.5. The van der Waals surface area contributed by atoms with E-state index in [9.17, 15) is 4.79 Å². The minimum absolute atomic E-state index is 0.153. The van der Waals surface area contributed by atoms with Gasteiger partial charge in [-0.15, -0.1) is 0 Å². The molecule has 0 radical (unpaired) electrons. The summed E-state index contributed by atoms with van der Waals surface area (Å²) in [5.41, 5.74) is 6.39. The Morgan fingerprint density at radius 2 is 1.59 bits per heavy atom. The summed E-state index contributed by atoms with van der Waals surface area (Å²) >= 11 is 0. The van der Waals surface area contributed by atoms with Gasteiger partial charge in [0.1, 0.15) is 6.61 Å². The van der Waals surface area contributed by atoms with Crippen LogP contribution >= 0.6 is 0 Å². The van der Waals surface area contributed by atoms with Gasteiger partial charge in [0.05, 0.1) is 7.11 Å². The number of methoxy groups -OCH3 is 1. The van der Waals surface area contributed by atoms with Gasteiger partial charge in [-0.2, -0.15) is 0 Å². The fraction of sp³-hybridized carbons (Fsp3) is 0.250. The lowest BCUT2D eigenvalue weighted by molar-refractivity contribution is -0.111. The quantitative estimate of drug-likeness (QED) is 0.403. The van der Waals surface area contributed by atoms with Crippen LogP contribution in [-0.4, -0.2) is 13.0 Å². The normalized spacial score (nSPS) is 10.9. The lowest BCUT2D eigenvalue weighted by Crippen LogP contribution is -2.11. The second-order valence-corrected chi connectivity index (χ2v) is 7.61. The van der Waals surface area contributed by atoms with Crippen molar-refractivity contribution in [3.63, 3.8) is 0 Å². The fourth-order valence-corrected chi connectivity index (χ4v) is 3.57. The molecule has 0 saturated heterocycles. The first kappa shape index (κ1) is 23.1. The largest absolute Gasteiger partial charge is 0.493 e. The lowest BCUT2D eigenvalue weighted by atomic mass is 10.0. The van der Waals surface area contributed by atoms with Crippen molar-refractivity contribution in [3.8, 4) is 11.5 Å². The molecule has 4 heteroatoms. The van der Waals surface area contributed by atoms with Crippen LogP contribution in [-0.2, 0) is 24.2 Å². The zero-order valence-electron chi connectivity index (χ0n) is 19.3. The van der Waals surface area contributed by atoms with E-state index in [0.717, 1.165) is 40.8 Å². The molecule has 0 aliphatic carbocycles. The standard InChI is InChI=1S/C28H31NO3/c1-5-22-12-9-13-23(6-2)28(22)29-27(30)17-15-21-14-16-25(26(18-21)31-4)32-19-24-11-8-7-10-20(24)3/h7-18H,5-6,19H2,1-4H3,(H,29,30). The van der Waals surface area contributed by atoms with Crippen LogP contribution in [0.15, 0.2) is 66.7 Å². The van der Waals surface area contributed by atoms with Crippen molar-refractivity contribution in [2.24, 2.45) is 0 Å². The van der Waals surface area contributed by atoms with Crippen LogP contribution < -0.4 is 14.8 Å². The fourth-order valence-electron chi connectivity index (χ4n) is 3.57. The molecule has 0 aliphatic heterocycles. The van der Waals surface area contributed by atoms with E-state index >= 15 is 0 Å². The van der Waals surface area contributed by atoms with Crippen LogP contribution in [0, 0.1) is 6.92 Å². The number of hydrogen-bond acceptors (Lipinski definition) is 3. The van der Waals surface area contributed by atoms with E-state index in [-0.39, 0.29) is 5.91 Å². The number of anilines is 1. The molecule has 0 bridgehead atoms. The van der Waals surface area contributed by atoms with E-state index < -0.39 is 0 Å². The van der Waals surface area contributed by atoms with Crippen molar-refractivity contribution in [3.05, 3.63) is 94.6 Å². The van der Waals surface area contributed by atoms with Crippen molar-refractivity contribution < 1.29 is 14.3 Å². The predicted octanol–water partition coefficient (Wildman–Crippen LogP) is 6.36. The maximum Gasteiger partial charge on any atom is 0.248 e. The van der Waals surface area contributed by atoms with Gasteiger partial charge in [-0.1, -0.05) is 62.4 Å². The number of amides is 1. The van der Waals surface area contributed by atoms with Crippen molar-refractivity contribution in [2.75, 3.05) is 12.4 Å². The predicted molar refractivity (Wildman–Crippen MR) is 131 cm³/mol. The molecule has 0 aliphatic rings. The SMILES string of the molecule is CCc1cccc(CC)c1NC(=O)C=Cc1ccc(OCc2ccccc2C)c(OC)c1. The summed E-state index contributed by atoms with van der Waals surface area (Å²) in [4.78, 5) is 12.6. The summed E-state index contributed by atoms with van der Waals surface area (Å²) in [5.74, 6) is 1.15. The maximum absolute atomic E-state index is 12.6. The van der Waals surface area contributed by atoms with Gasteiger partial charge < -0.3 is 14.8 Å². The summed E-state index contributed by atoms with van der Waals surface area (Å²) in [6.07, 6.45) is 5.07. The van der Waals surface area contributed by atoms with Gasteiger partial charge in [-0.05, 0) is 65.8 Å². The topological polar surface area (TPSA) is 47.6 Å². The monoisotopic (exact) mass is 429 g/mol. The Bertz CT molecular complexity index is 1080. The Morgan fingerprint density at radius 1 is 0.906 bits per heavy atom. The Morgan fingerprint density at radius 3 is 2.25 bits per heavy atom. The van der Waals surface area contributed by atoms with E-state index in [1.807, 2.05) is 36.4 Å². The van der Waals surface area contributed by atoms with Gasteiger partial charge in [0.15, 0.2) is 11.5 Å². The zero-order valence-corrected chi connectivity index (χ0v) is 19.3. The molecule has 1 amide bonds. The Kier molecular flexibility index (Phi) is 8.09. The third-order valence-corrected chi connectivity index (χ3v) is 5.51. The van der Waals surface area contributed by atoms with Crippen LogP contribution in [0.2, 0.25) is 0 Å². The van der Waals surface area contributed by atoms with Gasteiger partial charge in [-0.25, -0.2) is 0 Å². The van der Waals surface area contributed by atoms with Crippen LogP contribution in [0.1, 0.15) is 41.7 Å². The molecule has 0 aromatic heterocycles. The summed E-state index contributed by atoms with van der Waals surface area (Å²) in [5, 5.41) is 3.05. The second kappa shape index (κ2) is 11.2. The Balaban J connectivity index is 1.70. The summed E-state index contributed by atoms with van der Waals surface area (Å²) in [6.45, 7) is 6.72. The van der Waals surface area contributed by atoms with E-state index in [1.54, 1.807) is 19.3 Å². The summed E-state index contributed by atoms with van der Waals surface area (Å²) in [6, 6.07) is 19.9. The van der Waals surface area contributed by atoms with Gasteiger partial charge in [0, 0.05) is 11.8 Å². The minimum atomic E-state index is -0.153. The van der Waals surface area contributed by atoms with E-state index in [4.69, 9.17) is 9.47 Å². The highest BCUT2D eigenvalue weighted by Gasteiger charge is 2.09. The molecule has 1 N–H and O–H groups in total. The summed E-state index contributed by atoms with van der Waals surface area (Å²) in [7, 11) is 1.62. The number of para-hydroxylation sites is 1. The molecule has 0 saturated carbocycles. The molecule has 3 aromatic rings. The maximum atomic E-state index is 12.6. The van der Waals surface area contributed by atoms with Gasteiger partial charge in [0.25, 0.3) is 0 Å². The van der Waals surface area contributed by atoms with E-state index in [1.165, 1.54) is 5.56 Å². The number of carbonyl (C=O) groups excluding carboxylic acids is 1. The molecule has 0 atom stereocenters. The van der Waals surface area contributed by atoms with Crippen molar-refractivity contribution in [2.45, 2.75) is 40.2 Å². The number of rotatable bonds is 9. The zero-order chi connectivity index (χ0) is 22.9. The minimum Gasteiger partial charge on any atom is -0.493 e. The molecule has 3 aromatic carbocycles. The Hall–Kier alpha value is -3.53. The average Bonchev–Trinajstić information content (AvgIpc) is 2.82. The van der Waals surface area contributed by atoms with Crippen molar-refractivity contribution in [1.82, 2.24) is 0 Å². The van der Waals surface area contributed by atoms with Crippen molar-refractivity contribution >= 4 is 17.7 Å². The van der Waals surface area contributed by atoms with E-state index in [2.05, 4.69) is 50.4 Å². The van der Waals surface area contributed by atoms with Crippen LogP contribution in [0.3, 0.4) is 0 Å². The second-order valence-electron chi connectivity index (χ2n) is 7.61. The van der Waals surface area contributed by atoms with Crippen LogP contribution in [0.25, 0.3) is 6.08 Å². The first-order valence-electron chi connectivity index (χ1n) is 11.0. The molecule has 0 heterocycles. The third kappa shape index (κ3) is 5.79. The molecule has 4 nitrogen and oxygen atoms in total. The van der Waals surface area contributed by atoms with Crippen LogP contribution in [0.4, 0.5) is 5.69 Å². The number of benzene rings is 3. The molecule has 0 unspecified atom stereocenters.